The average molecular weight is 518 g/mol. The molecule has 0 saturated heterocycles. The maximum absolute atomic E-state index is 13.2. The topological polar surface area (TPSA) is 37.4 Å². The van der Waals surface area contributed by atoms with Crippen LogP contribution in [0.15, 0.2) is 47.4 Å². The standard InChI is InChI=1S/C17H20NO2S.CH3.Hg/c1-12(2)15-8-7-14(4)17(11-15)21(19,20)18-16-9-5-13(3)6-10-16;;/h5-12H,1-4H3;1H3;/q-1;;+1. The van der Waals surface area contributed by atoms with Crippen molar-refractivity contribution < 1.29 is 33.3 Å². The molecule has 23 heavy (non-hydrogen) atoms. The number of benzene rings is 2. The van der Waals surface area contributed by atoms with Gasteiger partial charge in [0, 0.05) is 0 Å². The Balaban J connectivity index is 2.55. The van der Waals surface area contributed by atoms with Crippen molar-refractivity contribution in [2.24, 2.45) is 0 Å². The van der Waals surface area contributed by atoms with Crippen LogP contribution in [0.2, 0.25) is 4.43 Å². The normalized spacial score (nSPS) is 11.4. The zero-order valence-electron chi connectivity index (χ0n) is 14.5. The Kier molecular flexibility index (Phi) is 5.90. The van der Waals surface area contributed by atoms with Crippen molar-refractivity contribution in [1.82, 2.24) is 0 Å². The van der Waals surface area contributed by atoms with Crippen LogP contribution >= 0.6 is 0 Å². The molecule has 2 rings (SSSR count). The van der Waals surface area contributed by atoms with Gasteiger partial charge in [0.2, 0.25) is 0 Å². The molecular formula is C18H23HgNO2S. The molecule has 0 fully saturated rings. The summed E-state index contributed by atoms with van der Waals surface area (Å²) < 4.78 is 30.2. The molecule has 0 aromatic heterocycles. The minimum absolute atomic E-state index is 0.309. The van der Waals surface area contributed by atoms with E-state index in [0.29, 0.717) is 10.8 Å². The van der Waals surface area contributed by atoms with Crippen molar-refractivity contribution in [1.29, 1.82) is 0 Å². The maximum atomic E-state index is 13.2. The van der Waals surface area contributed by atoms with Crippen LogP contribution in [0.4, 0.5) is 5.69 Å². The van der Waals surface area contributed by atoms with E-state index in [2.05, 4.69) is 18.3 Å². The van der Waals surface area contributed by atoms with Crippen molar-refractivity contribution in [3.05, 3.63) is 59.2 Å². The van der Waals surface area contributed by atoms with Crippen molar-refractivity contribution in [3.63, 3.8) is 0 Å². The second-order valence-corrected chi connectivity index (χ2v) is 14.7. The van der Waals surface area contributed by atoms with Gasteiger partial charge in [0.15, 0.2) is 0 Å². The van der Waals surface area contributed by atoms with Gasteiger partial charge in [0.1, 0.15) is 0 Å². The van der Waals surface area contributed by atoms with E-state index in [1.807, 2.05) is 56.3 Å². The first-order chi connectivity index (χ1) is 10.8. The SMILES string of the molecule is [CH3][Hg][N](c1ccc(C)cc1)S(=O)(=O)c1cc(C(C)C)ccc1C. The number of rotatable bonds is 5. The van der Waals surface area contributed by atoms with Crippen LogP contribution < -0.4 is 2.07 Å². The Morgan fingerprint density at radius 2 is 1.61 bits per heavy atom. The van der Waals surface area contributed by atoms with Gasteiger partial charge < -0.3 is 0 Å². The van der Waals surface area contributed by atoms with E-state index in [1.54, 1.807) is 2.07 Å². The predicted octanol–water partition coefficient (Wildman–Crippen LogP) is 4.67. The number of nitrogens with zero attached hydrogens (tertiary/aromatic N) is 1. The molecule has 2 aromatic carbocycles. The van der Waals surface area contributed by atoms with Crippen LogP contribution in [0.1, 0.15) is 36.5 Å². The fourth-order valence-electron chi connectivity index (χ4n) is 2.57. The molecular weight excluding hydrogens is 495 g/mol. The number of anilines is 1. The molecule has 0 amide bonds. The van der Waals surface area contributed by atoms with E-state index in [4.69, 9.17) is 0 Å². The molecule has 0 radical (unpaired) electrons. The van der Waals surface area contributed by atoms with Crippen molar-refractivity contribution in [2.75, 3.05) is 2.07 Å². The van der Waals surface area contributed by atoms with Crippen molar-refractivity contribution in [3.8, 4) is 0 Å². The summed E-state index contributed by atoms with van der Waals surface area (Å²) in [5.41, 5.74) is 3.81. The van der Waals surface area contributed by atoms with Gasteiger partial charge in [-0.15, -0.1) is 0 Å². The van der Waals surface area contributed by atoms with Crippen molar-refractivity contribution >= 4 is 15.7 Å². The summed E-state index contributed by atoms with van der Waals surface area (Å²) in [7, 11) is -3.47. The van der Waals surface area contributed by atoms with Gasteiger partial charge in [0.25, 0.3) is 0 Å². The molecule has 0 N–H and O–H groups in total. The fraction of sp³-hybridized carbons (Fsp3) is 0.333. The van der Waals surface area contributed by atoms with Crippen LogP contribution in [0, 0.1) is 13.8 Å². The Hall–Kier alpha value is -0.875. The van der Waals surface area contributed by atoms with Gasteiger partial charge in [-0.25, -0.2) is 0 Å². The molecule has 0 aliphatic rings. The molecule has 0 aliphatic carbocycles. The summed E-state index contributed by atoms with van der Waals surface area (Å²) in [6.45, 7) is 8.04. The number of hydrogen-bond acceptors (Lipinski definition) is 2. The molecule has 3 nitrogen and oxygen atoms in total. The third-order valence-electron chi connectivity index (χ3n) is 4.06. The zero-order chi connectivity index (χ0) is 17.2. The molecule has 0 unspecified atom stereocenters. The van der Waals surface area contributed by atoms with E-state index >= 15 is 0 Å². The zero-order valence-corrected chi connectivity index (χ0v) is 20.8. The Morgan fingerprint density at radius 1 is 1.00 bits per heavy atom. The van der Waals surface area contributed by atoms with Crippen LogP contribution in [-0.4, -0.2) is 8.42 Å². The summed E-state index contributed by atoms with van der Waals surface area (Å²) in [5, 5.41) is 0. The van der Waals surface area contributed by atoms with Gasteiger partial charge >= 0.3 is 153 Å². The minimum atomic E-state index is -3.47. The second kappa shape index (κ2) is 7.35. The monoisotopic (exact) mass is 519 g/mol. The van der Waals surface area contributed by atoms with Gasteiger partial charge in [-0.2, -0.15) is 0 Å². The Labute approximate surface area is 152 Å². The van der Waals surface area contributed by atoms with Gasteiger partial charge in [-0.1, -0.05) is 0 Å². The molecule has 0 bridgehead atoms. The van der Waals surface area contributed by atoms with Gasteiger partial charge in [-0.05, 0) is 0 Å². The van der Waals surface area contributed by atoms with Crippen LogP contribution in [0.3, 0.4) is 0 Å². The molecule has 0 spiro atoms. The third-order valence-corrected chi connectivity index (χ3v) is 15.7. The van der Waals surface area contributed by atoms with Crippen LogP contribution in [0.25, 0.3) is 0 Å². The molecule has 0 aliphatic heterocycles. The van der Waals surface area contributed by atoms with Gasteiger partial charge in [-0.3, -0.25) is 0 Å². The van der Waals surface area contributed by atoms with Crippen molar-refractivity contribution in [2.45, 2.75) is 42.9 Å². The summed E-state index contributed by atoms with van der Waals surface area (Å²) in [6, 6.07) is 13.6. The predicted molar refractivity (Wildman–Crippen MR) is 92.0 cm³/mol. The number of hydrogen-bond donors (Lipinski definition) is 0. The summed E-state index contributed by atoms with van der Waals surface area (Å²) in [4.78, 5) is 0.450. The van der Waals surface area contributed by atoms with Crippen LogP contribution in [0.5, 0.6) is 0 Å². The third kappa shape index (κ3) is 3.97. The first kappa shape index (κ1) is 18.5. The van der Waals surface area contributed by atoms with E-state index in [1.165, 1.54) is 0 Å². The number of aryl methyl sites for hydroxylation is 2. The van der Waals surface area contributed by atoms with E-state index < -0.39 is 34.9 Å². The summed E-state index contributed by atoms with van der Waals surface area (Å²) in [5.74, 6) is 0.309. The first-order valence-electron chi connectivity index (χ1n) is 7.97. The Morgan fingerprint density at radius 3 is 2.13 bits per heavy atom. The van der Waals surface area contributed by atoms with E-state index in [-0.39, 0.29) is 0 Å². The van der Waals surface area contributed by atoms with E-state index in [0.717, 1.165) is 22.4 Å². The molecule has 2 aromatic rings. The molecule has 0 atom stereocenters. The fourth-order valence-corrected chi connectivity index (χ4v) is 12.1. The first-order valence-corrected chi connectivity index (χ1v) is 17.4. The summed E-state index contributed by atoms with van der Waals surface area (Å²) >= 11 is -1.73. The van der Waals surface area contributed by atoms with Gasteiger partial charge in [0.05, 0.1) is 0 Å². The Bertz CT molecular complexity index is 783. The molecule has 0 heterocycles. The second-order valence-electron chi connectivity index (χ2n) is 6.18. The van der Waals surface area contributed by atoms with Crippen LogP contribution in [-0.2, 0) is 34.9 Å². The summed E-state index contributed by atoms with van der Waals surface area (Å²) in [6.07, 6.45) is 0. The molecule has 0 saturated carbocycles. The average Bonchev–Trinajstić information content (AvgIpc) is 2.49. The van der Waals surface area contributed by atoms with E-state index in [9.17, 15) is 8.42 Å². The number of sulfonamides is 1. The molecule has 5 heteroatoms. The molecule has 120 valence electrons. The quantitative estimate of drug-likeness (QED) is 0.541.